The molecule has 1 N–H and O–H groups in total. The number of esters is 1. The maximum absolute atomic E-state index is 11.6. The fourth-order valence-corrected chi connectivity index (χ4v) is 4.41. The van der Waals surface area contributed by atoms with Crippen molar-refractivity contribution in [1.29, 1.82) is 0 Å². The first-order valence-corrected chi connectivity index (χ1v) is 10.8. The van der Waals surface area contributed by atoms with Gasteiger partial charge in [0.05, 0.1) is 6.61 Å². The van der Waals surface area contributed by atoms with Gasteiger partial charge in [0.15, 0.2) is 6.10 Å². The largest absolute Gasteiger partial charge is 0.488 e. The molecule has 4 aromatic rings. The molecule has 5 heteroatoms. The van der Waals surface area contributed by atoms with Crippen LogP contribution in [0.15, 0.2) is 101 Å². The molecule has 0 aliphatic carbocycles. The molecule has 0 radical (unpaired) electrons. The summed E-state index contributed by atoms with van der Waals surface area (Å²) in [6, 6.07) is 26.5. The number of carbonyl (C=O) groups is 1. The van der Waals surface area contributed by atoms with E-state index in [1.807, 2.05) is 48.5 Å². The van der Waals surface area contributed by atoms with Gasteiger partial charge in [-0.15, -0.1) is 0 Å². The molecule has 0 aromatic heterocycles. The summed E-state index contributed by atoms with van der Waals surface area (Å²) in [4.78, 5) is 13.8. The molecule has 0 saturated heterocycles. The minimum absolute atomic E-state index is 0.0313. The first-order chi connectivity index (χ1) is 15.2. The van der Waals surface area contributed by atoms with Crippen molar-refractivity contribution in [2.45, 2.75) is 15.9 Å². The number of aliphatic hydroxyl groups is 1. The lowest BCUT2D eigenvalue weighted by atomic mass is 10.0. The van der Waals surface area contributed by atoms with E-state index in [9.17, 15) is 9.90 Å². The fourth-order valence-electron chi connectivity index (χ4n) is 3.41. The molecule has 0 aliphatic heterocycles. The Kier molecular flexibility index (Phi) is 6.55. The molecule has 31 heavy (non-hydrogen) atoms. The lowest BCUT2D eigenvalue weighted by Crippen LogP contribution is -2.28. The molecule has 1 unspecified atom stereocenters. The van der Waals surface area contributed by atoms with Crippen LogP contribution in [-0.2, 0) is 9.53 Å². The van der Waals surface area contributed by atoms with Crippen molar-refractivity contribution >= 4 is 39.3 Å². The van der Waals surface area contributed by atoms with Crippen molar-refractivity contribution in [1.82, 2.24) is 0 Å². The Hall–Kier alpha value is -3.28. The zero-order valence-electron chi connectivity index (χ0n) is 16.9. The molecular formula is C26H22O4S. The van der Waals surface area contributed by atoms with Gasteiger partial charge >= 0.3 is 5.97 Å². The SMILES string of the molecule is C=CC(=O)OC(CO)COc1c2ccccc2cc2cccc(Sc3ccccc3)c12. The number of hydrogen-bond acceptors (Lipinski definition) is 5. The molecule has 0 bridgehead atoms. The summed E-state index contributed by atoms with van der Waals surface area (Å²) in [6.07, 6.45) is 0.290. The molecular weight excluding hydrogens is 408 g/mol. The zero-order chi connectivity index (χ0) is 21.6. The highest BCUT2D eigenvalue weighted by Crippen LogP contribution is 2.42. The third kappa shape index (κ3) is 4.74. The normalized spacial score (nSPS) is 11.9. The van der Waals surface area contributed by atoms with E-state index < -0.39 is 12.1 Å². The van der Waals surface area contributed by atoms with Gasteiger partial charge in [0.25, 0.3) is 0 Å². The average Bonchev–Trinajstić information content (AvgIpc) is 2.81. The molecule has 0 spiro atoms. The van der Waals surface area contributed by atoms with Gasteiger partial charge in [-0.2, -0.15) is 0 Å². The predicted octanol–water partition coefficient (Wildman–Crippen LogP) is 5.61. The van der Waals surface area contributed by atoms with Gasteiger partial charge in [0.2, 0.25) is 0 Å². The smallest absolute Gasteiger partial charge is 0.330 e. The predicted molar refractivity (Wildman–Crippen MR) is 125 cm³/mol. The van der Waals surface area contributed by atoms with Crippen molar-refractivity contribution in [2.75, 3.05) is 13.2 Å². The number of fused-ring (bicyclic) bond motifs is 2. The van der Waals surface area contributed by atoms with Crippen LogP contribution in [0, 0.1) is 0 Å². The van der Waals surface area contributed by atoms with Gasteiger partial charge in [0, 0.05) is 26.6 Å². The van der Waals surface area contributed by atoms with E-state index in [2.05, 4.69) is 36.9 Å². The summed E-state index contributed by atoms with van der Waals surface area (Å²) in [5.74, 6) is 0.117. The van der Waals surface area contributed by atoms with Gasteiger partial charge in [-0.3, -0.25) is 0 Å². The van der Waals surface area contributed by atoms with Crippen LogP contribution in [0.5, 0.6) is 5.75 Å². The summed E-state index contributed by atoms with van der Waals surface area (Å²) >= 11 is 1.67. The molecule has 0 heterocycles. The Balaban J connectivity index is 1.79. The molecule has 4 nitrogen and oxygen atoms in total. The molecule has 0 amide bonds. The van der Waals surface area contributed by atoms with E-state index in [1.54, 1.807) is 11.8 Å². The van der Waals surface area contributed by atoms with Crippen molar-refractivity contribution in [3.8, 4) is 5.75 Å². The van der Waals surface area contributed by atoms with Gasteiger partial charge in [-0.1, -0.05) is 72.9 Å². The van der Waals surface area contributed by atoms with Crippen molar-refractivity contribution in [3.63, 3.8) is 0 Å². The van der Waals surface area contributed by atoms with Gasteiger partial charge in [-0.05, 0) is 35.0 Å². The Morgan fingerprint density at radius 1 is 1.00 bits per heavy atom. The summed E-state index contributed by atoms with van der Waals surface area (Å²) in [6.45, 7) is 3.09. The third-order valence-corrected chi connectivity index (χ3v) is 5.91. The minimum Gasteiger partial charge on any atom is -0.488 e. The molecule has 156 valence electrons. The monoisotopic (exact) mass is 430 g/mol. The number of aliphatic hydroxyl groups excluding tert-OH is 1. The summed E-state index contributed by atoms with van der Waals surface area (Å²) in [5, 5.41) is 13.7. The Morgan fingerprint density at radius 2 is 1.74 bits per heavy atom. The quantitative estimate of drug-likeness (QED) is 0.224. The number of ether oxygens (including phenoxy) is 2. The second-order valence-corrected chi connectivity index (χ2v) is 8.07. The molecule has 4 aromatic carbocycles. The van der Waals surface area contributed by atoms with Crippen molar-refractivity contribution < 1.29 is 19.4 Å². The van der Waals surface area contributed by atoms with Gasteiger partial charge < -0.3 is 14.6 Å². The van der Waals surface area contributed by atoms with E-state index in [1.165, 1.54) is 0 Å². The maximum Gasteiger partial charge on any atom is 0.330 e. The first kappa shape index (κ1) is 21.0. The minimum atomic E-state index is -0.784. The van der Waals surface area contributed by atoms with Crippen LogP contribution in [0.3, 0.4) is 0 Å². The second-order valence-electron chi connectivity index (χ2n) is 6.95. The van der Waals surface area contributed by atoms with E-state index >= 15 is 0 Å². The number of rotatable bonds is 8. The lowest BCUT2D eigenvalue weighted by Gasteiger charge is -2.19. The van der Waals surface area contributed by atoms with Gasteiger partial charge in [-0.25, -0.2) is 4.79 Å². The number of benzene rings is 4. The van der Waals surface area contributed by atoms with Crippen LogP contribution in [0.1, 0.15) is 0 Å². The van der Waals surface area contributed by atoms with Crippen LogP contribution < -0.4 is 4.74 Å². The van der Waals surface area contributed by atoms with Gasteiger partial charge in [0.1, 0.15) is 12.4 Å². The van der Waals surface area contributed by atoms with Crippen LogP contribution in [-0.4, -0.2) is 30.4 Å². The van der Waals surface area contributed by atoms with Crippen molar-refractivity contribution in [3.05, 3.63) is 91.5 Å². The standard InChI is InChI=1S/C26H22O4S/c1-2-24(28)30-20(16-27)17-29-26-22-13-7-6-9-18(22)15-19-10-8-14-23(25(19)26)31-21-11-4-3-5-12-21/h2-15,20,27H,1,16-17H2. The summed E-state index contributed by atoms with van der Waals surface area (Å²) < 4.78 is 11.4. The summed E-state index contributed by atoms with van der Waals surface area (Å²) in [5.41, 5.74) is 0. The average molecular weight is 431 g/mol. The summed E-state index contributed by atoms with van der Waals surface area (Å²) in [7, 11) is 0. The molecule has 1 atom stereocenters. The zero-order valence-corrected chi connectivity index (χ0v) is 17.7. The number of hydrogen-bond donors (Lipinski definition) is 1. The van der Waals surface area contributed by atoms with Crippen LogP contribution in [0.25, 0.3) is 21.5 Å². The van der Waals surface area contributed by atoms with E-state index in [0.29, 0.717) is 5.75 Å². The highest BCUT2D eigenvalue weighted by Gasteiger charge is 2.17. The Morgan fingerprint density at radius 3 is 2.52 bits per heavy atom. The topological polar surface area (TPSA) is 55.8 Å². The molecule has 0 aliphatic rings. The molecule has 0 saturated carbocycles. The van der Waals surface area contributed by atoms with E-state index in [4.69, 9.17) is 9.47 Å². The maximum atomic E-state index is 11.6. The van der Waals surface area contributed by atoms with Crippen LogP contribution in [0.4, 0.5) is 0 Å². The number of carbonyl (C=O) groups excluding carboxylic acids is 1. The highest BCUT2D eigenvalue weighted by molar-refractivity contribution is 7.99. The first-order valence-electron chi connectivity index (χ1n) is 9.93. The third-order valence-electron chi connectivity index (χ3n) is 4.84. The Bertz CT molecular complexity index is 1220. The van der Waals surface area contributed by atoms with Crippen LogP contribution in [0.2, 0.25) is 0 Å². The van der Waals surface area contributed by atoms with Crippen molar-refractivity contribution in [2.24, 2.45) is 0 Å². The molecule has 0 fully saturated rings. The van der Waals surface area contributed by atoms with E-state index in [0.717, 1.165) is 37.4 Å². The Labute approximate surface area is 185 Å². The molecule has 4 rings (SSSR count). The van der Waals surface area contributed by atoms with E-state index in [-0.39, 0.29) is 13.2 Å². The lowest BCUT2D eigenvalue weighted by molar-refractivity contribution is -0.146. The second kappa shape index (κ2) is 9.69. The fraction of sp³-hybridized carbons (Fsp3) is 0.115. The highest BCUT2D eigenvalue weighted by atomic mass is 32.2. The van der Waals surface area contributed by atoms with Crippen LogP contribution >= 0.6 is 11.8 Å².